The summed E-state index contributed by atoms with van der Waals surface area (Å²) in [5, 5.41) is 18.8. The topological polar surface area (TPSA) is 43.7 Å². The van der Waals surface area contributed by atoms with E-state index in [2.05, 4.69) is 18.7 Å². The van der Waals surface area contributed by atoms with Gasteiger partial charge in [0.2, 0.25) is 0 Å². The first-order valence-electron chi connectivity index (χ1n) is 4.71. The quantitative estimate of drug-likeness (QED) is 0.596. The van der Waals surface area contributed by atoms with Gasteiger partial charge in [-0.3, -0.25) is 0 Å². The molecule has 3 heteroatoms. The standard InChI is InChI=1S/C9H19NO2/c1-7(2)10-5-3-8(11)9(12)4-6-10/h7-9,11-12H,3-6H2,1-2H3/t8-,9+. The molecule has 0 saturated carbocycles. The Morgan fingerprint density at radius 2 is 1.50 bits per heavy atom. The van der Waals surface area contributed by atoms with E-state index in [1.807, 2.05) is 0 Å². The molecule has 0 radical (unpaired) electrons. The minimum Gasteiger partial charge on any atom is -0.390 e. The van der Waals surface area contributed by atoms with Crippen molar-refractivity contribution in [3.63, 3.8) is 0 Å². The summed E-state index contributed by atoms with van der Waals surface area (Å²) in [5.41, 5.74) is 0. The highest BCUT2D eigenvalue weighted by atomic mass is 16.3. The third kappa shape index (κ3) is 2.44. The predicted octanol–water partition coefficient (Wildman–Crippen LogP) is 0.212. The number of likely N-dealkylation sites (tertiary alicyclic amines) is 1. The molecular formula is C9H19NO2. The summed E-state index contributed by atoms with van der Waals surface area (Å²) in [5.74, 6) is 0. The van der Waals surface area contributed by atoms with E-state index in [1.165, 1.54) is 0 Å². The molecule has 1 aliphatic heterocycles. The predicted molar refractivity (Wildman–Crippen MR) is 48.0 cm³/mol. The van der Waals surface area contributed by atoms with E-state index in [9.17, 15) is 10.2 Å². The first-order valence-corrected chi connectivity index (χ1v) is 4.71. The van der Waals surface area contributed by atoms with Crippen LogP contribution < -0.4 is 0 Å². The van der Waals surface area contributed by atoms with Crippen molar-refractivity contribution in [3.05, 3.63) is 0 Å². The Morgan fingerprint density at radius 1 is 1.08 bits per heavy atom. The maximum absolute atomic E-state index is 9.38. The van der Waals surface area contributed by atoms with Gasteiger partial charge < -0.3 is 15.1 Å². The molecule has 1 heterocycles. The van der Waals surface area contributed by atoms with Gasteiger partial charge in [-0.25, -0.2) is 0 Å². The van der Waals surface area contributed by atoms with Crippen molar-refractivity contribution in [3.8, 4) is 0 Å². The molecule has 2 atom stereocenters. The van der Waals surface area contributed by atoms with Crippen LogP contribution in [-0.4, -0.2) is 46.5 Å². The van der Waals surface area contributed by atoms with Gasteiger partial charge in [0.25, 0.3) is 0 Å². The number of aliphatic hydroxyl groups is 2. The fourth-order valence-corrected chi connectivity index (χ4v) is 1.61. The molecule has 0 bridgehead atoms. The van der Waals surface area contributed by atoms with Crippen LogP contribution in [0.3, 0.4) is 0 Å². The second kappa shape index (κ2) is 4.21. The van der Waals surface area contributed by atoms with E-state index in [0.29, 0.717) is 18.9 Å². The van der Waals surface area contributed by atoms with Crippen molar-refractivity contribution in [2.24, 2.45) is 0 Å². The van der Waals surface area contributed by atoms with Crippen molar-refractivity contribution in [1.29, 1.82) is 0 Å². The van der Waals surface area contributed by atoms with E-state index < -0.39 is 12.2 Å². The molecule has 72 valence electrons. The summed E-state index contributed by atoms with van der Waals surface area (Å²) in [6, 6.07) is 0.516. The highest BCUT2D eigenvalue weighted by Crippen LogP contribution is 2.13. The van der Waals surface area contributed by atoms with Crippen LogP contribution in [0, 0.1) is 0 Å². The minimum absolute atomic E-state index is 0.516. The Balaban J connectivity index is 2.44. The van der Waals surface area contributed by atoms with Gasteiger partial charge in [-0.2, -0.15) is 0 Å². The lowest BCUT2D eigenvalue weighted by Crippen LogP contribution is -2.31. The monoisotopic (exact) mass is 173 g/mol. The fourth-order valence-electron chi connectivity index (χ4n) is 1.61. The van der Waals surface area contributed by atoms with Crippen LogP contribution in [0.4, 0.5) is 0 Å². The van der Waals surface area contributed by atoms with E-state index >= 15 is 0 Å². The van der Waals surface area contributed by atoms with E-state index in [4.69, 9.17) is 0 Å². The largest absolute Gasteiger partial charge is 0.390 e. The smallest absolute Gasteiger partial charge is 0.0811 e. The molecule has 0 amide bonds. The van der Waals surface area contributed by atoms with Crippen molar-refractivity contribution in [2.75, 3.05) is 13.1 Å². The zero-order valence-electron chi connectivity index (χ0n) is 7.90. The SMILES string of the molecule is CC(C)N1CC[C@@H](O)[C@@H](O)CC1. The van der Waals surface area contributed by atoms with Gasteiger partial charge in [0, 0.05) is 19.1 Å². The van der Waals surface area contributed by atoms with Gasteiger partial charge in [0.15, 0.2) is 0 Å². The van der Waals surface area contributed by atoms with E-state index in [-0.39, 0.29) is 0 Å². The summed E-state index contributed by atoms with van der Waals surface area (Å²) in [7, 11) is 0. The maximum atomic E-state index is 9.38. The molecule has 2 N–H and O–H groups in total. The van der Waals surface area contributed by atoms with Gasteiger partial charge in [-0.05, 0) is 26.7 Å². The number of hydrogen-bond acceptors (Lipinski definition) is 3. The molecule has 0 unspecified atom stereocenters. The van der Waals surface area contributed by atoms with Crippen LogP contribution in [0.25, 0.3) is 0 Å². The number of nitrogens with zero attached hydrogens (tertiary/aromatic N) is 1. The van der Waals surface area contributed by atoms with Gasteiger partial charge in [0.05, 0.1) is 12.2 Å². The highest BCUT2D eigenvalue weighted by Gasteiger charge is 2.23. The van der Waals surface area contributed by atoms with Crippen molar-refractivity contribution in [1.82, 2.24) is 4.90 Å². The third-order valence-corrected chi connectivity index (χ3v) is 2.60. The Hall–Kier alpha value is -0.120. The minimum atomic E-state index is -0.520. The normalized spacial score (nSPS) is 33.8. The van der Waals surface area contributed by atoms with Crippen LogP contribution in [0.15, 0.2) is 0 Å². The second-order valence-corrected chi connectivity index (χ2v) is 3.84. The third-order valence-electron chi connectivity index (χ3n) is 2.60. The van der Waals surface area contributed by atoms with Crippen LogP contribution >= 0.6 is 0 Å². The molecule has 0 aromatic rings. The molecule has 0 spiro atoms. The van der Waals surface area contributed by atoms with Crippen molar-refractivity contribution in [2.45, 2.75) is 44.9 Å². The lowest BCUT2D eigenvalue weighted by molar-refractivity contribution is 0.0187. The van der Waals surface area contributed by atoms with Crippen LogP contribution in [-0.2, 0) is 0 Å². The average Bonchev–Trinajstić information content (AvgIpc) is 2.16. The summed E-state index contributed by atoms with van der Waals surface area (Å²) < 4.78 is 0. The molecule has 3 nitrogen and oxygen atoms in total. The summed E-state index contributed by atoms with van der Waals surface area (Å²) in [6.07, 6.45) is 0.348. The zero-order valence-corrected chi connectivity index (χ0v) is 7.90. The first kappa shape index (κ1) is 9.96. The molecule has 0 aliphatic carbocycles. The Bertz CT molecular complexity index is 126. The maximum Gasteiger partial charge on any atom is 0.0811 e. The number of aliphatic hydroxyl groups excluding tert-OH is 2. The highest BCUT2D eigenvalue weighted by molar-refractivity contribution is 4.77. The molecule has 1 aliphatic rings. The molecule has 12 heavy (non-hydrogen) atoms. The molecular weight excluding hydrogens is 154 g/mol. The van der Waals surface area contributed by atoms with Crippen molar-refractivity contribution < 1.29 is 10.2 Å². The first-order chi connectivity index (χ1) is 5.61. The molecule has 0 aromatic heterocycles. The molecule has 1 rings (SSSR count). The lowest BCUT2D eigenvalue weighted by atomic mass is 10.1. The lowest BCUT2D eigenvalue weighted by Gasteiger charge is -2.23. The average molecular weight is 173 g/mol. The fraction of sp³-hybridized carbons (Fsp3) is 1.00. The Labute approximate surface area is 74.0 Å². The summed E-state index contributed by atoms with van der Waals surface area (Å²) >= 11 is 0. The molecule has 0 aromatic carbocycles. The van der Waals surface area contributed by atoms with Gasteiger partial charge in [-0.15, -0.1) is 0 Å². The van der Waals surface area contributed by atoms with Crippen LogP contribution in [0.2, 0.25) is 0 Å². The van der Waals surface area contributed by atoms with Crippen LogP contribution in [0.1, 0.15) is 26.7 Å². The molecule has 1 saturated heterocycles. The second-order valence-electron chi connectivity index (χ2n) is 3.84. The van der Waals surface area contributed by atoms with Gasteiger partial charge in [-0.1, -0.05) is 0 Å². The molecule has 1 fully saturated rings. The van der Waals surface area contributed by atoms with E-state index in [1.54, 1.807) is 0 Å². The summed E-state index contributed by atoms with van der Waals surface area (Å²) in [6.45, 7) is 6.08. The van der Waals surface area contributed by atoms with E-state index in [0.717, 1.165) is 13.1 Å². The van der Waals surface area contributed by atoms with Crippen molar-refractivity contribution >= 4 is 0 Å². The zero-order chi connectivity index (χ0) is 9.14. The van der Waals surface area contributed by atoms with Crippen LogP contribution in [0.5, 0.6) is 0 Å². The Kier molecular flexibility index (Phi) is 3.50. The van der Waals surface area contributed by atoms with Gasteiger partial charge >= 0.3 is 0 Å². The number of rotatable bonds is 1. The number of hydrogen-bond donors (Lipinski definition) is 2. The summed E-state index contributed by atoms with van der Waals surface area (Å²) in [4.78, 5) is 2.29. The Morgan fingerprint density at radius 3 is 1.83 bits per heavy atom. The van der Waals surface area contributed by atoms with Gasteiger partial charge in [0.1, 0.15) is 0 Å².